The van der Waals surface area contributed by atoms with E-state index in [9.17, 15) is 0 Å². The van der Waals surface area contributed by atoms with E-state index in [1.54, 1.807) is 6.92 Å². The van der Waals surface area contributed by atoms with Crippen molar-refractivity contribution in [3.05, 3.63) is 0 Å². The third-order valence-electron chi connectivity index (χ3n) is 0.644. The summed E-state index contributed by atoms with van der Waals surface area (Å²) in [5.74, 6) is 0. The number of hydrogen-bond donors (Lipinski definition) is 2. The highest BCUT2D eigenvalue weighted by Gasteiger charge is 1.79. The lowest BCUT2D eigenvalue weighted by Crippen LogP contribution is -2.11. The molecule has 1 atom stereocenters. The summed E-state index contributed by atoms with van der Waals surface area (Å²) >= 11 is 0. The van der Waals surface area contributed by atoms with Crippen LogP contribution in [0, 0.1) is 0 Å². The third-order valence-corrected chi connectivity index (χ3v) is 0.644. The molecule has 3 N–H and O–H groups in total. The Morgan fingerprint density at radius 2 is 1.62 bits per heavy atom. The van der Waals surface area contributed by atoms with Gasteiger partial charge in [-0.3, -0.25) is 0 Å². The Morgan fingerprint density at radius 1 is 1.50 bits per heavy atom. The normalized spacial score (nSPS) is 11.6. The first kappa shape index (κ1) is 10.8. The molecule has 0 spiro atoms. The predicted octanol–water partition coefficient (Wildman–Crippen LogP) is 0.742. The van der Waals surface area contributed by atoms with Gasteiger partial charge in [0.05, 0.1) is 0 Å². The number of hydrogen-bond acceptors (Lipinski definition) is 2. The van der Waals surface area contributed by atoms with Crippen molar-refractivity contribution >= 4 is 0 Å². The van der Waals surface area contributed by atoms with Crippen molar-refractivity contribution in [3.63, 3.8) is 0 Å². The highest BCUT2D eigenvalue weighted by atomic mass is 16.2. The first-order valence-corrected chi connectivity index (χ1v) is 3.05. The standard InChI is InChI=1S/C4H11N.C2H6O/c1-3-4(2)5;1-2-3/h4H,3,5H2,1-2H3;3H,2H2,1H3. The second kappa shape index (κ2) is 10.0. The number of aliphatic hydroxyl groups is 1. The van der Waals surface area contributed by atoms with E-state index in [2.05, 4.69) is 6.92 Å². The average Bonchev–Trinajstić information content (AvgIpc) is 1.69. The van der Waals surface area contributed by atoms with E-state index in [0.717, 1.165) is 6.42 Å². The predicted molar refractivity (Wildman–Crippen MR) is 36.7 cm³/mol. The highest BCUT2D eigenvalue weighted by molar-refractivity contribution is 4.43. The lowest BCUT2D eigenvalue weighted by Gasteiger charge is -1.91. The SMILES string of the molecule is CCC(C)N.CCO. The maximum absolute atomic E-state index is 7.57. The van der Waals surface area contributed by atoms with E-state index in [0.29, 0.717) is 6.04 Å². The second-order valence-electron chi connectivity index (χ2n) is 1.70. The fourth-order valence-corrected chi connectivity index (χ4v) is 0. The summed E-state index contributed by atoms with van der Waals surface area (Å²) in [6.45, 7) is 6.00. The molecule has 0 bridgehead atoms. The monoisotopic (exact) mass is 119 g/mol. The van der Waals surface area contributed by atoms with E-state index >= 15 is 0 Å². The zero-order valence-electron chi connectivity index (χ0n) is 6.02. The van der Waals surface area contributed by atoms with Gasteiger partial charge < -0.3 is 10.8 Å². The molecule has 0 saturated heterocycles. The minimum Gasteiger partial charge on any atom is -0.397 e. The van der Waals surface area contributed by atoms with Crippen LogP contribution >= 0.6 is 0 Å². The summed E-state index contributed by atoms with van der Waals surface area (Å²) in [6, 6.07) is 0.384. The van der Waals surface area contributed by atoms with Crippen LogP contribution in [0.5, 0.6) is 0 Å². The van der Waals surface area contributed by atoms with Crippen molar-refractivity contribution in [2.75, 3.05) is 6.61 Å². The average molecular weight is 119 g/mol. The van der Waals surface area contributed by atoms with Crippen LogP contribution in [0.15, 0.2) is 0 Å². The molecule has 8 heavy (non-hydrogen) atoms. The van der Waals surface area contributed by atoms with Crippen molar-refractivity contribution in [2.45, 2.75) is 33.2 Å². The van der Waals surface area contributed by atoms with Crippen molar-refractivity contribution < 1.29 is 5.11 Å². The lowest BCUT2D eigenvalue weighted by atomic mass is 10.3. The summed E-state index contributed by atoms with van der Waals surface area (Å²) in [5, 5.41) is 7.57. The van der Waals surface area contributed by atoms with E-state index in [1.165, 1.54) is 0 Å². The molecule has 52 valence electrons. The molecule has 0 rings (SSSR count). The van der Waals surface area contributed by atoms with E-state index in [4.69, 9.17) is 10.8 Å². The second-order valence-corrected chi connectivity index (χ2v) is 1.70. The molecule has 0 aromatic carbocycles. The van der Waals surface area contributed by atoms with Gasteiger partial charge in [-0.05, 0) is 20.3 Å². The summed E-state index contributed by atoms with van der Waals surface area (Å²) in [4.78, 5) is 0. The van der Waals surface area contributed by atoms with Gasteiger partial charge in [0.15, 0.2) is 0 Å². The van der Waals surface area contributed by atoms with Gasteiger partial charge in [0, 0.05) is 12.6 Å². The summed E-state index contributed by atoms with van der Waals surface area (Å²) in [6.07, 6.45) is 1.08. The Balaban J connectivity index is 0. The minimum absolute atomic E-state index is 0.250. The van der Waals surface area contributed by atoms with Gasteiger partial charge in [0.1, 0.15) is 0 Å². The maximum atomic E-state index is 7.57. The zero-order chi connectivity index (χ0) is 6.99. The van der Waals surface area contributed by atoms with E-state index < -0.39 is 0 Å². The van der Waals surface area contributed by atoms with Crippen LogP contribution in [0.3, 0.4) is 0 Å². The van der Waals surface area contributed by atoms with Crippen LogP contribution in [-0.2, 0) is 0 Å². The Bertz CT molecular complexity index is 29.7. The molecular weight excluding hydrogens is 102 g/mol. The molecule has 0 aliphatic rings. The minimum atomic E-state index is 0.250. The molecule has 0 amide bonds. The molecule has 0 radical (unpaired) electrons. The van der Waals surface area contributed by atoms with Crippen LogP contribution in [0.4, 0.5) is 0 Å². The molecule has 2 heteroatoms. The molecule has 0 aromatic heterocycles. The van der Waals surface area contributed by atoms with Crippen molar-refractivity contribution in [2.24, 2.45) is 5.73 Å². The Labute approximate surface area is 51.7 Å². The van der Waals surface area contributed by atoms with Gasteiger partial charge in [-0.2, -0.15) is 0 Å². The van der Waals surface area contributed by atoms with Crippen molar-refractivity contribution in [3.8, 4) is 0 Å². The third kappa shape index (κ3) is 38.9. The smallest absolute Gasteiger partial charge is 0.0402 e. The van der Waals surface area contributed by atoms with Crippen LogP contribution in [-0.4, -0.2) is 17.8 Å². The largest absolute Gasteiger partial charge is 0.397 e. The van der Waals surface area contributed by atoms with Crippen molar-refractivity contribution in [1.29, 1.82) is 0 Å². The zero-order valence-corrected chi connectivity index (χ0v) is 6.02. The van der Waals surface area contributed by atoms with E-state index in [-0.39, 0.29) is 6.61 Å². The van der Waals surface area contributed by atoms with Crippen LogP contribution in [0.25, 0.3) is 0 Å². The van der Waals surface area contributed by atoms with Gasteiger partial charge in [0.25, 0.3) is 0 Å². The maximum Gasteiger partial charge on any atom is 0.0402 e. The first-order chi connectivity index (χ1) is 3.68. The number of nitrogens with two attached hydrogens (primary N) is 1. The molecule has 0 aromatic rings. The lowest BCUT2D eigenvalue weighted by molar-refractivity contribution is 0.318. The Hall–Kier alpha value is -0.0800. The number of aliphatic hydroxyl groups excluding tert-OH is 1. The summed E-state index contributed by atoms with van der Waals surface area (Å²) in [5.41, 5.74) is 5.29. The molecule has 1 unspecified atom stereocenters. The van der Waals surface area contributed by atoms with Crippen LogP contribution in [0.1, 0.15) is 27.2 Å². The van der Waals surface area contributed by atoms with Crippen LogP contribution < -0.4 is 5.73 Å². The van der Waals surface area contributed by atoms with Crippen molar-refractivity contribution in [1.82, 2.24) is 0 Å². The van der Waals surface area contributed by atoms with Gasteiger partial charge in [0.2, 0.25) is 0 Å². The molecule has 0 aliphatic heterocycles. The van der Waals surface area contributed by atoms with Gasteiger partial charge in [-0.25, -0.2) is 0 Å². The van der Waals surface area contributed by atoms with Gasteiger partial charge in [-0.1, -0.05) is 6.92 Å². The molecule has 0 saturated carbocycles. The topological polar surface area (TPSA) is 46.2 Å². The summed E-state index contributed by atoms with van der Waals surface area (Å²) < 4.78 is 0. The first-order valence-electron chi connectivity index (χ1n) is 3.05. The molecule has 0 aliphatic carbocycles. The molecule has 2 nitrogen and oxygen atoms in total. The quantitative estimate of drug-likeness (QED) is 0.535. The fraction of sp³-hybridized carbons (Fsp3) is 1.00. The van der Waals surface area contributed by atoms with Gasteiger partial charge >= 0.3 is 0 Å². The molecule has 0 heterocycles. The summed E-state index contributed by atoms with van der Waals surface area (Å²) in [7, 11) is 0. The molecule has 0 fully saturated rings. The highest BCUT2D eigenvalue weighted by Crippen LogP contribution is 1.77. The van der Waals surface area contributed by atoms with Gasteiger partial charge in [-0.15, -0.1) is 0 Å². The Morgan fingerprint density at radius 3 is 1.62 bits per heavy atom. The van der Waals surface area contributed by atoms with Crippen LogP contribution in [0.2, 0.25) is 0 Å². The number of rotatable bonds is 1. The fourth-order valence-electron chi connectivity index (χ4n) is 0. The van der Waals surface area contributed by atoms with E-state index in [1.807, 2.05) is 6.92 Å². The molecular formula is C6H17NO. The Kier molecular flexibility index (Phi) is 13.6.